The van der Waals surface area contributed by atoms with Crippen LogP contribution in [0.2, 0.25) is 0 Å². The van der Waals surface area contributed by atoms with E-state index in [9.17, 15) is 0 Å². The second-order valence-electron chi connectivity index (χ2n) is 6.74. The molecule has 3 rings (SSSR count). The van der Waals surface area contributed by atoms with E-state index in [0.29, 0.717) is 6.04 Å². The molecule has 0 amide bonds. The molecular formula is C19H29N5. The predicted molar refractivity (Wildman–Crippen MR) is 99.1 cm³/mol. The summed E-state index contributed by atoms with van der Waals surface area (Å²) in [6.07, 6.45) is 0. The molecule has 1 fully saturated rings. The third-order valence-corrected chi connectivity index (χ3v) is 5.14. The summed E-state index contributed by atoms with van der Waals surface area (Å²) in [6, 6.07) is 10.8. The van der Waals surface area contributed by atoms with E-state index in [1.807, 2.05) is 13.1 Å². The normalized spacial score (nSPS) is 18.0. The summed E-state index contributed by atoms with van der Waals surface area (Å²) >= 11 is 0. The fraction of sp³-hybridized carbons (Fsp3) is 0.526. The van der Waals surface area contributed by atoms with Crippen LogP contribution in [0.1, 0.15) is 17.4 Å². The molecule has 0 bridgehead atoms. The third kappa shape index (κ3) is 3.38. The number of nitrogens with zero attached hydrogens (tertiary/aromatic N) is 4. The van der Waals surface area contributed by atoms with Crippen LogP contribution < -0.4 is 5.32 Å². The first-order chi connectivity index (χ1) is 11.6. The smallest absolute Gasteiger partial charge is 0.140 e. The lowest BCUT2D eigenvalue weighted by Crippen LogP contribution is -2.48. The Morgan fingerprint density at radius 3 is 2.38 bits per heavy atom. The zero-order chi connectivity index (χ0) is 17.1. The maximum Gasteiger partial charge on any atom is 0.140 e. The van der Waals surface area contributed by atoms with Gasteiger partial charge in [0.15, 0.2) is 0 Å². The van der Waals surface area contributed by atoms with Gasteiger partial charge < -0.3 is 14.8 Å². The quantitative estimate of drug-likeness (QED) is 0.910. The highest BCUT2D eigenvalue weighted by molar-refractivity contribution is 5.56. The van der Waals surface area contributed by atoms with Gasteiger partial charge in [-0.15, -0.1) is 0 Å². The molecule has 1 unspecified atom stereocenters. The standard InChI is InChI=1S/C19H29N5/c1-15-18(17(14-20-2)24-12-10-22(3)11-13-24)21-19(23(15)4)16-8-6-5-7-9-16/h5-9,17,20H,10-14H2,1-4H3. The monoisotopic (exact) mass is 327 g/mol. The number of aromatic nitrogens is 2. The fourth-order valence-corrected chi connectivity index (χ4v) is 3.49. The van der Waals surface area contributed by atoms with Crippen molar-refractivity contribution in [1.29, 1.82) is 0 Å². The lowest BCUT2D eigenvalue weighted by atomic mass is 10.1. The highest BCUT2D eigenvalue weighted by atomic mass is 15.3. The molecule has 1 aromatic carbocycles. The van der Waals surface area contributed by atoms with E-state index in [1.54, 1.807) is 0 Å². The van der Waals surface area contributed by atoms with Gasteiger partial charge in [0, 0.05) is 51.0 Å². The van der Waals surface area contributed by atoms with Crippen LogP contribution in [-0.2, 0) is 7.05 Å². The van der Waals surface area contributed by atoms with E-state index < -0.39 is 0 Å². The van der Waals surface area contributed by atoms with Crippen molar-refractivity contribution in [2.24, 2.45) is 7.05 Å². The lowest BCUT2D eigenvalue weighted by molar-refractivity contribution is 0.109. The Hall–Kier alpha value is -1.69. The molecule has 1 aromatic heterocycles. The van der Waals surface area contributed by atoms with Gasteiger partial charge in [0.05, 0.1) is 11.7 Å². The van der Waals surface area contributed by atoms with Crippen LogP contribution in [0.15, 0.2) is 30.3 Å². The Labute approximate surface area is 145 Å². The van der Waals surface area contributed by atoms with Crippen molar-refractivity contribution in [1.82, 2.24) is 24.7 Å². The number of hydrogen-bond donors (Lipinski definition) is 1. The van der Waals surface area contributed by atoms with Crippen LogP contribution in [0.3, 0.4) is 0 Å². The first-order valence-corrected chi connectivity index (χ1v) is 8.77. The van der Waals surface area contributed by atoms with E-state index in [0.717, 1.165) is 38.5 Å². The van der Waals surface area contributed by atoms with Crippen LogP contribution in [0.5, 0.6) is 0 Å². The molecule has 5 nitrogen and oxygen atoms in total. The molecule has 1 aliphatic heterocycles. The third-order valence-electron chi connectivity index (χ3n) is 5.14. The first kappa shape index (κ1) is 17.1. The molecule has 1 aliphatic rings. The topological polar surface area (TPSA) is 36.3 Å². The zero-order valence-electron chi connectivity index (χ0n) is 15.3. The minimum atomic E-state index is 0.326. The van der Waals surface area contributed by atoms with Crippen molar-refractivity contribution in [2.45, 2.75) is 13.0 Å². The van der Waals surface area contributed by atoms with E-state index in [4.69, 9.17) is 4.98 Å². The van der Waals surface area contributed by atoms with Gasteiger partial charge in [-0.05, 0) is 21.0 Å². The summed E-state index contributed by atoms with van der Waals surface area (Å²) in [5, 5.41) is 3.37. The molecule has 1 N–H and O–H groups in total. The number of benzene rings is 1. The Kier molecular flexibility index (Phi) is 5.33. The number of hydrogen-bond acceptors (Lipinski definition) is 4. The Balaban J connectivity index is 1.93. The molecule has 0 aliphatic carbocycles. The van der Waals surface area contributed by atoms with Crippen LogP contribution in [0, 0.1) is 6.92 Å². The lowest BCUT2D eigenvalue weighted by Gasteiger charge is -2.37. The number of piperazine rings is 1. The molecular weight excluding hydrogens is 298 g/mol. The molecule has 0 radical (unpaired) electrons. The largest absolute Gasteiger partial charge is 0.331 e. The summed E-state index contributed by atoms with van der Waals surface area (Å²) in [7, 11) is 6.35. The van der Waals surface area contributed by atoms with Gasteiger partial charge in [-0.25, -0.2) is 4.98 Å². The van der Waals surface area contributed by atoms with Crippen molar-refractivity contribution < 1.29 is 0 Å². The number of nitrogens with one attached hydrogen (secondary N) is 1. The molecule has 2 aromatic rings. The highest BCUT2D eigenvalue weighted by Crippen LogP contribution is 2.28. The summed E-state index contributed by atoms with van der Waals surface area (Å²) in [5.74, 6) is 1.05. The molecule has 1 saturated heterocycles. The minimum absolute atomic E-state index is 0.326. The Morgan fingerprint density at radius 1 is 1.08 bits per heavy atom. The Bertz CT molecular complexity index is 656. The van der Waals surface area contributed by atoms with E-state index in [2.05, 4.69) is 65.0 Å². The van der Waals surface area contributed by atoms with Gasteiger partial charge in [0.2, 0.25) is 0 Å². The maximum atomic E-state index is 5.06. The summed E-state index contributed by atoms with van der Waals surface area (Å²) in [4.78, 5) is 10.0. The van der Waals surface area contributed by atoms with Crippen molar-refractivity contribution in [2.75, 3.05) is 46.8 Å². The molecule has 0 spiro atoms. The summed E-state index contributed by atoms with van der Waals surface area (Å²) in [5.41, 5.74) is 3.64. The molecule has 24 heavy (non-hydrogen) atoms. The molecule has 0 saturated carbocycles. The fourth-order valence-electron chi connectivity index (χ4n) is 3.49. The van der Waals surface area contributed by atoms with Gasteiger partial charge in [-0.1, -0.05) is 30.3 Å². The number of imidazole rings is 1. The first-order valence-electron chi connectivity index (χ1n) is 8.77. The van der Waals surface area contributed by atoms with Crippen molar-refractivity contribution >= 4 is 0 Å². The second kappa shape index (κ2) is 7.47. The van der Waals surface area contributed by atoms with Crippen molar-refractivity contribution in [3.63, 3.8) is 0 Å². The Morgan fingerprint density at radius 2 is 1.75 bits per heavy atom. The second-order valence-corrected chi connectivity index (χ2v) is 6.74. The van der Waals surface area contributed by atoms with Gasteiger partial charge in [0.25, 0.3) is 0 Å². The van der Waals surface area contributed by atoms with Gasteiger partial charge in [0.1, 0.15) is 5.82 Å². The minimum Gasteiger partial charge on any atom is -0.331 e. The zero-order valence-corrected chi connectivity index (χ0v) is 15.3. The van der Waals surface area contributed by atoms with Crippen LogP contribution in [0.4, 0.5) is 0 Å². The van der Waals surface area contributed by atoms with Crippen LogP contribution in [-0.4, -0.2) is 66.2 Å². The maximum absolute atomic E-state index is 5.06. The summed E-state index contributed by atoms with van der Waals surface area (Å²) in [6.45, 7) is 7.55. The average Bonchev–Trinajstić information content (AvgIpc) is 2.90. The van der Waals surface area contributed by atoms with E-state index >= 15 is 0 Å². The van der Waals surface area contributed by atoms with Crippen molar-refractivity contribution in [3.8, 4) is 11.4 Å². The molecule has 5 heteroatoms. The predicted octanol–water partition coefficient (Wildman–Crippen LogP) is 1.90. The average molecular weight is 327 g/mol. The molecule has 130 valence electrons. The van der Waals surface area contributed by atoms with Gasteiger partial charge in [-0.2, -0.15) is 0 Å². The number of rotatable bonds is 5. The molecule has 2 heterocycles. The molecule has 1 atom stereocenters. The SMILES string of the molecule is CNCC(c1nc(-c2ccccc2)n(C)c1C)N1CCN(C)CC1. The van der Waals surface area contributed by atoms with Gasteiger partial charge >= 0.3 is 0 Å². The number of likely N-dealkylation sites (N-methyl/N-ethyl adjacent to an activating group) is 2. The van der Waals surface area contributed by atoms with E-state index in [1.165, 1.54) is 17.0 Å². The van der Waals surface area contributed by atoms with Crippen LogP contribution in [0.25, 0.3) is 11.4 Å². The van der Waals surface area contributed by atoms with Gasteiger partial charge in [-0.3, -0.25) is 4.90 Å². The summed E-state index contributed by atoms with van der Waals surface area (Å²) < 4.78 is 2.23. The van der Waals surface area contributed by atoms with Crippen LogP contribution >= 0.6 is 0 Å². The highest BCUT2D eigenvalue weighted by Gasteiger charge is 2.28. The van der Waals surface area contributed by atoms with E-state index in [-0.39, 0.29) is 0 Å². The van der Waals surface area contributed by atoms with Crippen molar-refractivity contribution in [3.05, 3.63) is 41.7 Å².